The third-order valence-corrected chi connectivity index (χ3v) is 4.01. The van der Waals surface area contributed by atoms with Gasteiger partial charge in [0, 0.05) is 33.8 Å². The quantitative estimate of drug-likeness (QED) is 0.827. The molecule has 1 unspecified atom stereocenters. The molecule has 21 heavy (non-hydrogen) atoms. The summed E-state index contributed by atoms with van der Waals surface area (Å²) in [5, 5.41) is 6.68. The molecule has 0 heterocycles. The first-order valence-corrected chi connectivity index (χ1v) is 7.72. The van der Waals surface area contributed by atoms with Crippen molar-refractivity contribution in [1.29, 1.82) is 0 Å². The fourth-order valence-corrected chi connectivity index (χ4v) is 2.88. The van der Waals surface area contributed by atoms with Crippen molar-refractivity contribution in [3.63, 3.8) is 0 Å². The molecule has 1 atom stereocenters. The van der Waals surface area contributed by atoms with Gasteiger partial charge in [-0.05, 0) is 48.9 Å². The summed E-state index contributed by atoms with van der Waals surface area (Å²) >= 11 is 9.65. The number of rotatable bonds is 4. The molecule has 0 aromatic heterocycles. The van der Waals surface area contributed by atoms with Crippen molar-refractivity contribution >= 4 is 39.1 Å². The minimum Gasteiger partial charge on any atom is -0.378 e. The first-order valence-electron chi connectivity index (χ1n) is 6.55. The van der Waals surface area contributed by atoms with E-state index in [2.05, 4.69) is 26.6 Å². The highest BCUT2D eigenvalue weighted by molar-refractivity contribution is 9.10. The summed E-state index contributed by atoms with van der Waals surface area (Å²) in [5.41, 5.74) is 2.60. The molecule has 2 rings (SSSR count). The van der Waals surface area contributed by atoms with E-state index in [1.54, 1.807) is 19.2 Å². The van der Waals surface area contributed by atoms with E-state index >= 15 is 0 Å². The van der Waals surface area contributed by atoms with Gasteiger partial charge in [0.05, 0.1) is 0 Å². The van der Waals surface area contributed by atoms with Crippen LogP contribution in [0.5, 0.6) is 0 Å². The molecule has 0 aliphatic rings. The van der Waals surface area contributed by atoms with Crippen LogP contribution in [0.15, 0.2) is 46.9 Å². The predicted octanol–water partition coefficient (Wildman–Crippen LogP) is 4.64. The third kappa shape index (κ3) is 3.99. The number of amides is 1. The average molecular weight is 368 g/mol. The van der Waals surface area contributed by atoms with Crippen LogP contribution in [0.1, 0.15) is 28.9 Å². The molecule has 5 heteroatoms. The molecule has 0 saturated heterocycles. The Balaban J connectivity index is 2.12. The summed E-state index contributed by atoms with van der Waals surface area (Å²) in [6.45, 7) is 2.04. The van der Waals surface area contributed by atoms with Gasteiger partial charge in [-0.3, -0.25) is 4.79 Å². The maximum Gasteiger partial charge on any atom is 0.251 e. The van der Waals surface area contributed by atoms with E-state index in [1.165, 1.54) is 0 Å². The fraction of sp³-hybridized carbons (Fsp3) is 0.188. The standard InChI is InChI=1S/C16H16BrClN2O/c1-10(14-8-5-12(17)9-15(14)18)20-13-6-3-11(4-7-13)16(21)19-2/h3-10,20H,1-2H3,(H,19,21). The second-order valence-electron chi connectivity index (χ2n) is 4.69. The van der Waals surface area contributed by atoms with E-state index in [4.69, 9.17) is 11.6 Å². The van der Waals surface area contributed by atoms with Gasteiger partial charge in [0.25, 0.3) is 5.91 Å². The normalized spacial score (nSPS) is 11.8. The van der Waals surface area contributed by atoms with Gasteiger partial charge < -0.3 is 10.6 Å². The zero-order chi connectivity index (χ0) is 15.4. The van der Waals surface area contributed by atoms with Gasteiger partial charge in [0.15, 0.2) is 0 Å². The minimum absolute atomic E-state index is 0.0662. The minimum atomic E-state index is -0.0921. The first-order chi connectivity index (χ1) is 10.0. The maximum atomic E-state index is 11.5. The van der Waals surface area contributed by atoms with Gasteiger partial charge in [0.2, 0.25) is 0 Å². The van der Waals surface area contributed by atoms with E-state index in [1.807, 2.05) is 37.3 Å². The van der Waals surface area contributed by atoms with Crippen LogP contribution in [0, 0.1) is 0 Å². The number of hydrogen-bond donors (Lipinski definition) is 2. The van der Waals surface area contributed by atoms with Crippen LogP contribution in [-0.2, 0) is 0 Å². The van der Waals surface area contributed by atoms with Gasteiger partial charge in [-0.2, -0.15) is 0 Å². The van der Waals surface area contributed by atoms with Gasteiger partial charge in [0.1, 0.15) is 0 Å². The van der Waals surface area contributed by atoms with Crippen LogP contribution >= 0.6 is 27.5 Å². The summed E-state index contributed by atoms with van der Waals surface area (Å²) < 4.78 is 0.957. The Bertz CT molecular complexity index is 643. The molecule has 0 fully saturated rings. The number of carbonyl (C=O) groups is 1. The maximum absolute atomic E-state index is 11.5. The van der Waals surface area contributed by atoms with Crippen molar-refractivity contribution < 1.29 is 4.79 Å². The Morgan fingerprint density at radius 1 is 1.19 bits per heavy atom. The molecule has 0 bridgehead atoms. The molecule has 110 valence electrons. The Morgan fingerprint density at radius 3 is 2.43 bits per heavy atom. The summed E-state index contributed by atoms with van der Waals surface area (Å²) in [6, 6.07) is 13.2. The van der Waals surface area contributed by atoms with E-state index in [9.17, 15) is 4.79 Å². The molecule has 2 N–H and O–H groups in total. The number of halogens is 2. The van der Waals surface area contributed by atoms with Crippen LogP contribution in [0.25, 0.3) is 0 Å². The molecule has 1 amide bonds. The Labute approximate surface area is 137 Å². The van der Waals surface area contributed by atoms with E-state index in [0.717, 1.165) is 15.7 Å². The van der Waals surface area contributed by atoms with E-state index in [-0.39, 0.29) is 11.9 Å². The fourth-order valence-electron chi connectivity index (χ4n) is 2.04. The Morgan fingerprint density at radius 2 is 1.86 bits per heavy atom. The van der Waals surface area contributed by atoms with E-state index in [0.29, 0.717) is 10.6 Å². The topological polar surface area (TPSA) is 41.1 Å². The second kappa shape index (κ2) is 6.96. The van der Waals surface area contributed by atoms with Crippen molar-refractivity contribution in [2.45, 2.75) is 13.0 Å². The molecular weight excluding hydrogens is 352 g/mol. The summed E-state index contributed by atoms with van der Waals surface area (Å²) in [7, 11) is 1.62. The molecular formula is C16H16BrClN2O. The molecule has 3 nitrogen and oxygen atoms in total. The molecule has 0 aliphatic heterocycles. The van der Waals surface area contributed by atoms with Gasteiger partial charge >= 0.3 is 0 Å². The third-order valence-electron chi connectivity index (χ3n) is 3.19. The number of hydrogen-bond acceptors (Lipinski definition) is 2. The molecule has 2 aromatic carbocycles. The highest BCUT2D eigenvalue weighted by Gasteiger charge is 2.10. The van der Waals surface area contributed by atoms with Gasteiger partial charge in [-0.15, -0.1) is 0 Å². The SMILES string of the molecule is CNC(=O)c1ccc(NC(C)c2ccc(Br)cc2Cl)cc1. The van der Waals surface area contributed by atoms with Crippen molar-refractivity contribution in [3.05, 3.63) is 63.1 Å². The lowest BCUT2D eigenvalue weighted by molar-refractivity contribution is 0.0963. The molecule has 0 radical (unpaired) electrons. The predicted molar refractivity (Wildman–Crippen MR) is 91.0 cm³/mol. The average Bonchev–Trinajstić information content (AvgIpc) is 2.47. The lowest BCUT2D eigenvalue weighted by Gasteiger charge is -2.17. The van der Waals surface area contributed by atoms with Crippen molar-refractivity contribution in [2.75, 3.05) is 12.4 Å². The van der Waals surface area contributed by atoms with Crippen molar-refractivity contribution in [1.82, 2.24) is 5.32 Å². The zero-order valence-electron chi connectivity index (χ0n) is 11.8. The Hall–Kier alpha value is -1.52. The van der Waals surface area contributed by atoms with Crippen molar-refractivity contribution in [3.8, 4) is 0 Å². The Kier molecular flexibility index (Phi) is 5.26. The molecule has 0 saturated carbocycles. The van der Waals surface area contributed by atoms with Gasteiger partial charge in [-0.25, -0.2) is 0 Å². The van der Waals surface area contributed by atoms with Crippen LogP contribution in [-0.4, -0.2) is 13.0 Å². The molecule has 2 aromatic rings. The van der Waals surface area contributed by atoms with E-state index < -0.39 is 0 Å². The number of anilines is 1. The lowest BCUT2D eigenvalue weighted by Crippen LogP contribution is -2.17. The number of carbonyl (C=O) groups excluding carboxylic acids is 1. The number of nitrogens with one attached hydrogen (secondary N) is 2. The highest BCUT2D eigenvalue weighted by Crippen LogP contribution is 2.28. The zero-order valence-corrected chi connectivity index (χ0v) is 14.1. The smallest absolute Gasteiger partial charge is 0.251 e. The van der Waals surface area contributed by atoms with Crippen molar-refractivity contribution in [2.24, 2.45) is 0 Å². The highest BCUT2D eigenvalue weighted by atomic mass is 79.9. The number of benzene rings is 2. The molecule has 0 spiro atoms. The second-order valence-corrected chi connectivity index (χ2v) is 6.01. The van der Waals surface area contributed by atoms with Crippen LogP contribution < -0.4 is 10.6 Å². The van der Waals surface area contributed by atoms with Crippen LogP contribution in [0.2, 0.25) is 5.02 Å². The van der Waals surface area contributed by atoms with Crippen LogP contribution in [0.3, 0.4) is 0 Å². The van der Waals surface area contributed by atoms with Gasteiger partial charge in [-0.1, -0.05) is 33.6 Å². The molecule has 0 aliphatic carbocycles. The largest absolute Gasteiger partial charge is 0.378 e. The summed E-state index contributed by atoms with van der Waals surface area (Å²) in [4.78, 5) is 11.5. The van der Waals surface area contributed by atoms with Crippen LogP contribution in [0.4, 0.5) is 5.69 Å². The summed E-state index contributed by atoms with van der Waals surface area (Å²) in [6.07, 6.45) is 0. The first kappa shape index (κ1) is 15.9. The summed E-state index contributed by atoms with van der Waals surface area (Å²) in [5.74, 6) is -0.0921. The lowest BCUT2D eigenvalue weighted by atomic mass is 10.1. The monoisotopic (exact) mass is 366 g/mol.